The van der Waals surface area contributed by atoms with E-state index >= 15 is 0 Å². The van der Waals surface area contributed by atoms with Gasteiger partial charge in [-0.1, -0.05) is 0 Å². The first-order chi connectivity index (χ1) is 9.69. The summed E-state index contributed by atoms with van der Waals surface area (Å²) in [6.07, 6.45) is -2.62. The molecule has 1 heterocycles. The quantitative estimate of drug-likeness (QED) is 0.682. The Kier molecular flexibility index (Phi) is 8.60. The maximum Gasteiger partial charge on any atom is 0.184 e. The van der Waals surface area contributed by atoms with Crippen LogP contribution >= 0.6 is 0 Å². The van der Waals surface area contributed by atoms with Crippen LogP contribution in [0.25, 0.3) is 0 Å². The van der Waals surface area contributed by atoms with Gasteiger partial charge >= 0.3 is 0 Å². The summed E-state index contributed by atoms with van der Waals surface area (Å²) in [6, 6.07) is 0. The van der Waals surface area contributed by atoms with Crippen molar-refractivity contribution in [2.75, 3.05) is 33.0 Å². The predicted molar refractivity (Wildman–Crippen MR) is 73.6 cm³/mol. The fourth-order valence-electron chi connectivity index (χ4n) is 2.41. The van der Waals surface area contributed by atoms with Crippen molar-refractivity contribution in [2.24, 2.45) is 0 Å². The fourth-order valence-corrected chi connectivity index (χ4v) is 2.41. The Morgan fingerprint density at radius 3 is 1.90 bits per heavy atom. The van der Waals surface area contributed by atoms with Crippen LogP contribution in [0, 0.1) is 0 Å². The normalized spacial score (nSPS) is 34.4. The number of ether oxygens (including phenoxy) is 5. The molecule has 5 atom stereocenters. The molecule has 6 heteroatoms. The molecule has 0 aliphatic carbocycles. The van der Waals surface area contributed by atoms with Crippen LogP contribution in [0.15, 0.2) is 0 Å². The summed E-state index contributed by atoms with van der Waals surface area (Å²) in [5.41, 5.74) is 0. The molecule has 1 fully saturated rings. The molecule has 20 heavy (non-hydrogen) atoms. The van der Waals surface area contributed by atoms with Crippen molar-refractivity contribution in [3.63, 3.8) is 0 Å². The Balaban J connectivity index is 2.83. The first-order valence-corrected chi connectivity index (χ1v) is 7.45. The Morgan fingerprint density at radius 2 is 1.35 bits per heavy atom. The molecule has 1 unspecified atom stereocenters. The lowest BCUT2D eigenvalue weighted by atomic mass is 9.98. The lowest BCUT2D eigenvalue weighted by molar-refractivity contribution is -0.310. The second-order valence-corrected chi connectivity index (χ2v) is 4.48. The van der Waals surface area contributed by atoms with E-state index in [1.165, 1.54) is 0 Å². The standard InChI is InChI=1S/C14H28O6/c1-5-16-9-10-11(17-6-2)12(18-7-3)13(19-8-4)14(15)20-10/h10-15H,5-9H2,1-4H3/t10-,11-,12+,13-,14?/m1/s1. The molecular weight excluding hydrogens is 264 g/mol. The Hall–Kier alpha value is -0.240. The molecule has 0 aromatic carbocycles. The Labute approximate surface area is 121 Å². The molecule has 1 aliphatic rings. The van der Waals surface area contributed by atoms with Crippen molar-refractivity contribution >= 4 is 0 Å². The summed E-state index contributed by atoms with van der Waals surface area (Å²) >= 11 is 0. The van der Waals surface area contributed by atoms with Crippen molar-refractivity contribution in [1.82, 2.24) is 0 Å². The lowest BCUT2D eigenvalue weighted by Gasteiger charge is -2.44. The summed E-state index contributed by atoms with van der Waals surface area (Å²) in [7, 11) is 0. The molecule has 6 nitrogen and oxygen atoms in total. The van der Waals surface area contributed by atoms with E-state index in [2.05, 4.69) is 0 Å². The van der Waals surface area contributed by atoms with Crippen molar-refractivity contribution < 1.29 is 28.8 Å². The van der Waals surface area contributed by atoms with E-state index in [4.69, 9.17) is 23.7 Å². The first kappa shape index (κ1) is 17.8. The van der Waals surface area contributed by atoms with Crippen LogP contribution in [0.2, 0.25) is 0 Å². The molecule has 120 valence electrons. The maximum absolute atomic E-state index is 10.1. The fraction of sp³-hybridized carbons (Fsp3) is 1.00. The molecule has 0 saturated carbocycles. The van der Waals surface area contributed by atoms with Gasteiger partial charge in [0.25, 0.3) is 0 Å². The monoisotopic (exact) mass is 292 g/mol. The van der Waals surface area contributed by atoms with Gasteiger partial charge in [-0.15, -0.1) is 0 Å². The molecule has 1 saturated heterocycles. The second kappa shape index (κ2) is 9.65. The third kappa shape index (κ3) is 4.65. The first-order valence-electron chi connectivity index (χ1n) is 7.45. The molecule has 1 aliphatic heterocycles. The largest absolute Gasteiger partial charge is 0.379 e. The summed E-state index contributed by atoms with van der Waals surface area (Å²) in [6.45, 7) is 10.1. The van der Waals surface area contributed by atoms with Gasteiger partial charge in [0.05, 0.1) is 6.61 Å². The van der Waals surface area contributed by atoms with Crippen molar-refractivity contribution in [1.29, 1.82) is 0 Å². The van der Waals surface area contributed by atoms with Gasteiger partial charge in [-0.25, -0.2) is 0 Å². The van der Waals surface area contributed by atoms with E-state index in [1.54, 1.807) is 0 Å². The van der Waals surface area contributed by atoms with E-state index in [9.17, 15) is 5.11 Å². The lowest BCUT2D eigenvalue weighted by Crippen LogP contribution is -2.61. The summed E-state index contributed by atoms with van der Waals surface area (Å²) in [4.78, 5) is 0. The zero-order valence-corrected chi connectivity index (χ0v) is 12.9. The van der Waals surface area contributed by atoms with E-state index in [0.29, 0.717) is 33.0 Å². The van der Waals surface area contributed by atoms with Gasteiger partial charge in [-0.05, 0) is 27.7 Å². The molecule has 1 N–H and O–H groups in total. The summed E-state index contributed by atoms with van der Waals surface area (Å²) < 4.78 is 28.1. The van der Waals surface area contributed by atoms with E-state index in [1.807, 2.05) is 27.7 Å². The van der Waals surface area contributed by atoms with Gasteiger partial charge in [0.15, 0.2) is 6.29 Å². The predicted octanol–water partition coefficient (Wildman–Crippen LogP) is 0.955. The van der Waals surface area contributed by atoms with Crippen LogP contribution in [0.5, 0.6) is 0 Å². The molecule has 0 aromatic rings. The zero-order valence-electron chi connectivity index (χ0n) is 12.9. The molecule has 0 bridgehead atoms. The molecule has 0 spiro atoms. The van der Waals surface area contributed by atoms with Crippen LogP contribution < -0.4 is 0 Å². The van der Waals surface area contributed by atoms with Crippen LogP contribution in [0.3, 0.4) is 0 Å². The van der Waals surface area contributed by atoms with E-state index < -0.39 is 12.4 Å². The number of hydrogen-bond donors (Lipinski definition) is 1. The van der Waals surface area contributed by atoms with Gasteiger partial charge < -0.3 is 28.8 Å². The van der Waals surface area contributed by atoms with Crippen molar-refractivity contribution in [2.45, 2.75) is 58.4 Å². The average molecular weight is 292 g/mol. The SMILES string of the molecule is CCOC[C@H]1OC(O)[C@H](OCC)[C@@H](OCC)[C@@H]1OCC. The van der Waals surface area contributed by atoms with Crippen LogP contribution in [-0.2, 0) is 23.7 Å². The van der Waals surface area contributed by atoms with Crippen molar-refractivity contribution in [3.05, 3.63) is 0 Å². The smallest absolute Gasteiger partial charge is 0.184 e. The van der Waals surface area contributed by atoms with Gasteiger partial charge in [0.1, 0.15) is 24.4 Å². The highest BCUT2D eigenvalue weighted by molar-refractivity contribution is 4.92. The second-order valence-electron chi connectivity index (χ2n) is 4.48. The van der Waals surface area contributed by atoms with E-state index in [-0.39, 0.29) is 18.3 Å². The van der Waals surface area contributed by atoms with Crippen molar-refractivity contribution in [3.8, 4) is 0 Å². The highest BCUT2D eigenvalue weighted by Crippen LogP contribution is 2.27. The van der Waals surface area contributed by atoms with Crippen LogP contribution in [0.1, 0.15) is 27.7 Å². The average Bonchev–Trinajstić information content (AvgIpc) is 2.44. The number of rotatable bonds is 9. The van der Waals surface area contributed by atoms with Gasteiger partial charge in [-0.3, -0.25) is 0 Å². The zero-order chi connectivity index (χ0) is 15.0. The Bertz CT molecular complexity index is 250. The van der Waals surface area contributed by atoms with Gasteiger partial charge in [0.2, 0.25) is 0 Å². The minimum Gasteiger partial charge on any atom is -0.379 e. The van der Waals surface area contributed by atoms with E-state index in [0.717, 1.165) is 0 Å². The minimum atomic E-state index is -1.03. The molecule has 0 amide bonds. The van der Waals surface area contributed by atoms with Gasteiger partial charge in [-0.2, -0.15) is 0 Å². The number of hydrogen-bond acceptors (Lipinski definition) is 6. The van der Waals surface area contributed by atoms with Crippen LogP contribution in [0.4, 0.5) is 0 Å². The minimum absolute atomic E-state index is 0.313. The van der Waals surface area contributed by atoms with Crippen LogP contribution in [-0.4, -0.2) is 68.8 Å². The highest BCUT2D eigenvalue weighted by atomic mass is 16.7. The third-order valence-corrected chi connectivity index (χ3v) is 3.17. The Morgan fingerprint density at radius 1 is 0.800 bits per heavy atom. The number of aliphatic hydroxyl groups excluding tert-OH is 1. The van der Waals surface area contributed by atoms with Gasteiger partial charge in [0, 0.05) is 26.4 Å². The summed E-state index contributed by atoms with van der Waals surface area (Å²) in [5.74, 6) is 0. The number of aliphatic hydroxyl groups is 1. The summed E-state index contributed by atoms with van der Waals surface area (Å²) in [5, 5.41) is 10.1. The molecule has 0 aromatic heterocycles. The molecular formula is C14H28O6. The topological polar surface area (TPSA) is 66.4 Å². The third-order valence-electron chi connectivity index (χ3n) is 3.17. The highest BCUT2D eigenvalue weighted by Gasteiger charge is 2.47. The molecule has 0 radical (unpaired) electrons. The maximum atomic E-state index is 10.1. The molecule has 1 rings (SSSR count).